The molecule has 0 radical (unpaired) electrons. The quantitative estimate of drug-likeness (QED) is 0.603. The molecule has 24 heavy (non-hydrogen) atoms. The molecule has 2 rings (SSSR count). The third-order valence-electron chi connectivity index (χ3n) is 3.96. The Labute approximate surface area is 143 Å². The lowest BCUT2D eigenvalue weighted by Crippen LogP contribution is -2.45. The Morgan fingerprint density at radius 2 is 2.33 bits per heavy atom. The molecule has 1 amide bonds. The monoisotopic (exact) mass is 333 g/mol. The lowest BCUT2D eigenvalue weighted by molar-refractivity contribution is -0.129. The van der Waals surface area contributed by atoms with Gasteiger partial charge >= 0.3 is 0 Å². The summed E-state index contributed by atoms with van der Waals surface area (Å²) in [5.41, 5.74) is 1.04. The number of methoxy groups -OCH3 is 1. The third kappa shape index (κ3) is 5.11. The fourth-order valence-electron chi connectivity index (χ4n) is 2.67. The summed E-state index contributed by atoms with van der Waals surface area (Å²) < 4.78 is 5.13. The number of carbonyl (C=O) groups excluding carboxylic acids is 1. The highest BCUT2D eigenvalue weighted by atomic mass is 16.5. The molecule has 1 aromatic rings. The summed E-state index contributed by atoms with van der Waals surface area (Å²) in [6.07, 6.45) is 3.22. The van der Waals surface area contributed by atoms with Crippen LogP contribution in [0.1, 0.15) is 32.3 Å². The number of guanidine groups is 1. The van der Waals surface area contributed by atoms with Gasteiger partial charge in [0.25, 0.3) is 0 Å². The van der Waals surface area contributed by atoms with Gasteiger partial charge in [-0.1, -0.05) is 6.92 Å². The van der Waals surface area contributed by atoms with E-state index in [0.29, 0.717) is 18.8 Å². The summed E-state index contributed by atoms with van der Waals surface area (Å²) in [7, 11) is 1.60. The van der Waals surface area contributed by atoms with Gasteiger partial charge in [0.05, 0.1) is 13.7 Å². The van der Waals surface area contributed by atoms with Crippen LogP contribution in [0.4, 0.5) is 0 Å². The number of amides is 1. The van der Waals surface area contributed by atoms with E-state index in [4.69, 9.17) is 4.74 Å². The highest BCUT2D eigenvalue weighted by molar-refractivity contribution is 5.80. The fraction of sp³-hybridized carbons (Fsp3) is 0.588. The van der Waals surface area contributed by atoms with Crippen LogP contribution in [-0.4, -0.2) is 54.5 Å². The van der Waals surface area contributed by atoms with Gasteiger partial charge in [0, 0.05) is 44.4 Å². The van der Waals surface area contributed by atoms with Crippen molar-refractivity contribution in [2.45, 2.75) is 39.3 Å². The Morgan fingerprint density at radius 1 is 1.50 bits per heavy atom. The van der Waals surface area contributed by atoms with Gasteiger partial charge < -0.3 is 20.3 Å². The summed E-state index contributed by atoms with van der Waals surface area (Å²) in [6.45, 7) is 6.81. The molecule has 132 valence electrons. The predicted molar refractivity (Wildman–Crippen MR) is 94.0 cm³/mol. The van der Waals surface area contributed by atoms with Gasteiger partial charge in [0.2, 0.25) is 11.8 Å². The highest BCUT2D eigenvalue weighted by Crippen LogP contribution is 2.11. The van der Waals surface area contributed by atoms with Gasteiger partial charge in [-0.2, -0.15) is 0 Å². The van der Waals surface area contributed by atoms with Crippen molar-refractivity contribution in [3.63, 3.8) is 0 Å². The normalized spacial score (nSPS) is 17.7. The van der Waals surface area contributed by atoms with E-state index in [0.717, 1.165) is 37.6 Å². The van der Waals surface area contributed by atoms with Gasteiger partial charge in [-0.15, -0.1) is 0 Å². The Bertz CT molecular complexity index is 576. The average molecular weight is 333 g/mol. The number of rotatable bonds is 6. The minimum Gasteiger partial charge on any atom is -0.481 e. The molecular formula is C17H27N5O2. The molecule has 7 heteroatoms. The number of hydrogen-bond donors (Lipinski definition) is 2. The molecular weight excluding hydrogens is 306 g/mol. The van der Waals surface area contributed by atoms with Crippen molar-refractivity contribution in [1.82, 2.24) is 20.5 Å². The van der Waals surface area contributed by atoms with Gasteiger partial charge in [0.15, 0.2) is 5.96 Å². The van der Waals surface area contributed by atoms with Crippen LogP contribution >= 0.6 is 0 Å². The van der Waals surface area contributed by atoms with Crippen LogP contribution in [-0.2, 0) is 11.3 Å². The molecule has 1 aliphatic heterocycles. The van der Waals surface area contributed by atoms with Gasteiger partial charge in [-0.25, -0.2) is 9.98 Å². The Morgan fingerprint density at radius 3 is 3.04 bits per heavy atom. The summed E-state index contributed by atoms with van der Waals surface area (Å²) in [5.74, 6) is 1.57. The van der Waals surface area contributed by atoms with E-state index in [1.165, 1.54) is 0 Å². The van der Waals surface area contributed by atoms with E-state index in [2.05, 4.69) is 20.6 Å². The van der Waals surface area contributed by atoms with E-state index in [1.54, 1.807) is 13.3 Å². The highest BCUT2D eigenvalue weighted by Gasteiger charge is 2.25. The van der Waals surface area contributed by atoms with Gasteiger partial charge in [0.1, 0.15) is 0 Å². The SMILES string of the molecule is CCNC(=NCc1ccnc(OC)c1)NC1CCN(C(=O)CC)C1. The molecule has 1 saturated heterocycles. The zero-order valence-electron chi connectivity index (χ0n) is 14.7. The lowest BCUT2D eigenvalue weighted by Gasteiger charge is -2.18. The number of aliphatic imine (C=N–C) groups is 1. The van der Waals surface area contributed by atoms with E-state index >= 15 is 0 Å². The minimum absolute atomic E-state index is 0.213. The smallest absolute Gasteiger partial charge is 0.222 e. The third-order valence-corrected chi connectivity index (χ3v) is 3.96. The molecule has 1 unspecified atom stereocenters. The largest absolute Gasteiger partial charge is 0.481 e. The van der Waals surface area contributed by atoms with Crippen LogP contribution in [0.5, 0.6) is 5.88 Å². The number of nitrogens with one attached hydrogen (secondary N) is 2. The van der Waals surface area contributed by atoms with Gasteiger partial charge in [-0.3, -0.25) is 4.79 Å². The van der Waals surface area contributed by atoms with E-state index in [-0.39, 0.29) is 11.9 Å². The first-order valence-corrected chi connectivity index (χ1v) is 8.47. The number of hydrogen-bond acceptors (Lipinski definition) is 4. The van der Waals surface area contributed by atoms with Crippen LogP contribution in [0.15, 0.2) is 23.3 Å². The van der Waals surface area contributed by atoms with E-state index in [9.17, 15) is 4.79 Å². The lowest BCUT2D eigenvalue weighted by atomic mass is 10.2. The molecule has 2 heterocycles. The van der Waals surface area contributed by atoms with E-state index < -0.39 is 0 Å². The first-order chi connectivity index (χ1) is 11.7. The van der Waals surface area contributed by atoms with Crippen molar-refractivity contribution in [3.05, 3.63) is 23.9 Å². The molecule has 2 N–H and O–H groups in total. The Balaban J connectivity index is 1.94. The molecule has 0 aliphatic carbocycles. The summed E-state index contributed by atoms with van der Waals surface area (Å²) in [5, 5.41) is 6.68. The number of ether oxygens (including phenoxy) is 1. The van der Waals surface area contributed by atoms with Crippen molar-refractivity contribution in [3.8, 4) is 5.88 Å². The van der Waals surface area contributed by atoms with Crippen LogP contribution < -0.4 is 15.4 Å². The second-order valence-electron chi connectivity index (χ2n) is 5.72. The summed E-state index contributed by atoms with van der Waals surface area (Å²) in [4.78, 5) is 22.4. The average Bonchev–Trinajstić information content (AvgIpc) is 3.08. The van der Waals surface area contributed by atoms with Crippen molar-refractivity contribution >= 4 is 11.9 Å². The van der Waals surface area contributed by atoms with Crippen LogP contribution in [0.2, 0.25) is 0 Å². The second-order valence-corrected chi connectivity index (χ2v) is 5.72. The maximum Gasteiger partial charge on any atom is 0.222 e. The zero-order chi connectivity index (χ0) is 17.4. The Kier molecular flexibility index (Phi) is 6.84. The molecule has 1 aliphatic rings. The van der Waals surface area contributed by atoms with Crippen LogP contribution in [0.3, 0.4) is 0 Å². The first kappa shape index (κ1) is 18.0. The number of carbonyl (C=O) groups is 1. The molecule has 1 fully saturated rings. The topological polar surface area (TPSA) is 78.9 Å². The number of nitrogens with zero attached hydrogens (tertiary/aromatic N) is 3. The molecule has 0 spiro atoms. The van der Waals surface area contributed by atoms with E-state index in [1.807, 2.05) is 30.9 Å². The minimum atomic E-state index is 0.213. The van der Waals surface area contributed by atoms with Gasteiger partial charge in [-0.05, 0) is 25.0 Å². The predicted octanol–water partition coefficient (Wildman–Crippen LogP) is 1.16. The maximum atomic E-state index is 11.8. The first-order valence-electron chi connectivity index (χ1n) is 8.47. The number of likely N-dealkylation sites (tertiary alicyclic amines) is 1. The summed E-state index contributed by atoms with van der Waals surface area (Å²) in [6, 6.07) is 4.04. The molecule has 7 nitrogen and oxygen atoms in total. The Hall–Kier alpha value is -2.31. The number of pyridine rings is 1. The fourth-order valence-corrected chi connectivity index (χ4v) is 2.67. The summed E-state index contributed by atoms with van der Waals surface area (Å²) >= 11 is 0. The molecule has 1 aromatic heterocycles. The molecule has 0 bridgehead atoms. The maximum absolute atomic E-state index is 11.8. The number of aromatic nitrogens is 1. The van der Waals surface area contributed by atoms with Crippen molar-refractivity contribution < 1.29 is 9.53 Å². The molecule has 1 atom stereocenters. The van der Waals surface area contributed by atoms with Crippen molar-refractivity contribution in [1.29, 1.82) is 0 Å². The molecule has 0 saturated carbocycles. The molecule has 0 aromatic carbocycles. The standard InChI is InChI=1S/C17H27N5O2/c1-4-16(23)22-9-7-14(12-22)21-17(18-5-2)20-11-13-6-8-19-15(10-13)24-3/h6,8,10,14H,4-5,7,9,11-12H2,1-3H3,(H2,18,20,21). The van der Waals surface area contributed by atoms with Crippen molar-refractivity contribution in [2.24, 2.45) is 4.99 Å². The van der Waals surface area contributed by atoms with Crippen LogP contribution in [0.25, 0.3) is 0 Å². The zero-order valence-corrected chi connectivity index (χ0v) is 14.7. The second kappa shape index (κ2) is 9.10. The van der Waals surface area contributed by atoms with Crippen molar-refractivity contribution in [2.75, 3.05) is 26.7 Å². The van der Waals surface area contributed by atoms with Crippen LogP contribution in [0, 0.1) is 0 Å².